The van der Waals surface area contributed by atoms with Gasteiger partial charge in [0.05, 0.1) is 0 Å². The summed E-state index contributed by atoms with van der Waals surface area (Å²) in [7, 11) is 0. The molecule has 12 heavy (non-hydrogen) atoms. The lowest BCUT2D eigenvalue weighted by Gasteiger charge is -2.26. The van der Waals surface area contributed by atoms with Crippen LogP contribution in [0.5, 0.6) is 0 Å². The first kappa shape index (κ1) is 10.0. The largest absolute Gasteiger partial charge is 0.329 e. The highest BCUT2D eigenvalue weighted by atomic mass is 15.0. The van der Waals surface area contributed by atoms with Crippen molar-refractivity contribution in [3.63, 3.8) is 0 Å². The minimum atomic E-state index is 0.128. The van der Waals surface area contributed by atoms with Gasteiger partial charge in [0.25, 0.3) is 0 Å². The zero-order chi connectivity index (χ0) is 9.03. The van der Waals surface area contributed by atoms with E-state index in [2.05, 4.69) is 19.2 Å². The van der Waals surface area contributed by atoms with Crippen LogP contribution in [0.1, 0.15) is 39.5 Å². The summed E-state index contributed by atoms with van der Waals surface area (Å²) in [5.41, 5.74) is 5.76. The summed E-state index contributed by atoms with van der Waals surface area (Å²) < 4.78 is 0. The second kappa shape index (κ2) is 4.24. The van der Waals surface area contributed by atoms with Gasteiger partial charge in [0, 0.05) is 12.1 Å². The van der Waals surface area contributed by atoms with Gasteiger partial charge >= 0.3 is 0 Å². The molecule has 0 bridgehead atoms. The van der Waals surface area contributed by atoms with Gasteiger partial charge in [-0.05, 0) is 39.2 Å². The van der Waals surface area contributed by atoms with E-state index in [0.29, 0.717) is 0 Å². The molecular weight excluding hydrogens is 148 g/mol. The van der Waals surface area contributed by atoms with E-state index in [0.717, 1.165) is 19.0 Å². The topological polar surface area (TPSA) is 38.0 Å². The molecule has 0 aliphatic heterocycles. The van der Waals surface area contributed by atoms with Crippen molar-refractivity contribution in [2.45, 2.75) is 45.1 Å². The van der Waals surface area contributed by atoms with E-state index < -0.39 is 0 Å². The summed E-state index contributed by atoms with van der Waals surface area (Å²) in [5.74, 6) is 0.913. The fraction of sp³-hybridized carbons (Fsp3) is 1.00. The zero-order valence-corrected chi connectivity index (χ0v) is 8.40. The molecule has 0 radical (unpaired) electrons. The van der Waals surface area contributed by atoms with E-state index >= 15 is 0 Å². The maximum atomic E-state index is 5.63. The van der Waals surface area contributed by atoms with E-state index in [9.17, 15) is 0 Å². The SMILES string of the molecule is CC(C)(CN)NCC1CCCC1. The third-order valence-corrected chi connectivity index (χ3v) is 2.85. The minimum absolute atomic E-state index is 0.128. The predicted molar refractivity (Wildman–Crippen MR) is 53.1 cm³/mol. The Morgan fingerprint density at radius 3 is 2.42 bits per heavy atom. The second-order valence-electron chi connectivity index (χ2n) is 4.62. The Labute approximate surface area is 75.9 Å². The van der Waals surface area contributed by atoms with E-state index in [1.165, 1.54) is 25.7 Å². The summed E-state index contributed by atoms with van der Waals surface area (Å²) in [4.78, 5) is 0. The van der Waals surface area contributed by atoms with Gasteiger partial charge in [-0.2, -0.15) is 0 Å². The monoisotopic (exact) mass is 170 g/mol. The molecule has 0 saturated heterocycles. The molecular formula is C10H22N2. The van der Waals surface area contributed by atoms with Crippen molar-refractivity contribution in [1.82, 2.24) is 5.32 Å². The Hall–Kier alpha value is -0.0800. The summed E-state index contributed by atoms with van der Waals surface area (Å²) >= 11 is 0. The van der Waals surface area contributed by atoms with Crippen molar-refractivity contribution in [3.8, 4) is 0 Å². The van der Waals surface area contributed by atoms with Crippen molar-refractivity contribution < 1.29 is 0 Å². The van der Waals surface area contributed by atoms with Crippen molar-refractivity contribution in [2.24, 2.45) is 11.7 Å². The Morgan fingerprint density at radius 2 is 1.92 bits per heavy atom. The number of hydrogen-bond acceptors (Lipinski definition) is 2. The lowest BCUT2D eigenvalue weighted by molar-refractivity contribution is 0.356. The number of hydrogen-bond donors (Lipinski definition) is 2. The molecule has 0 aromatic rings. The molecule has 0 aromatic carbocycles. The molecule has 0 amide bonds. The van der Waals surface area contributed by atoms with Gasteiger partial charge in [0.15, 0.2) is 0 Å². The van der Waals surface area contributed by atoms with Crippen LogP contribution in [-0.2, 0) is 0 Å². The molecule has 1 aliphatic rings. The smallest absolute Gasteiger partial charge is 0.0247 e. The summed E-state index contributed by atoms with van der Waals surface area (Å²) in [6.45, 7) is 6.22. The maximum absolute atomic E-state index is 5.63. The maximum Gasteiger partial charge on any atom is 0.0247 e. The highest BCUT2D eigenvalue weighted by molar-refractivity contribution is 4.80. The van der Waals surface area contributed by atoms with Crippen LogP contribution in [-0.4, -0.2) is 18.6 Å². The third-order valence-electron chi connectivity index (χ3n) is 2.85. The van der Waals surface area contributed by atoms with E-state index in [4.69, 9.17) is 5.73 Å². The molecule has 0 unspecified atom stereocenters. The van der Waals surface area contributed by atoms with Gasteiger partial charge in [-0.25, -0.2) is 0 Å². The molecule has 1 saturated carbocycles. The summed E-state index contributed by atoms with van der Waals surface area (Å²) in [6.07, 6.45) is 5.67. The molecule has 72 valence electrons. The minimum Gasteiger partial charge on any atom is -0.329 e. The van der Waals surface area contributed by atoms with E-state index in [1.807, 2.05) is 0 Å². The van der Waals surface area contributed by atoms with Crippen molar-refractivity contribution >= 4 is 0 Å². The predicted octanol–water partition coefficient (Wildman–Crippen LogP) is 1.50. The Bertz CT molecular complexity index is 126. The van der Waals surface area contributed by atoms with E-state index in [1.54, 1.807) is 0 Å². The zero-order valence-electron chi connectivity index (χ0n) is 8.40. The van der Waals surface area contributed by atoms with Gasteiger partial charge < -0.3 is 11.1 Å². The van der Waals surface area contributed by atoms with Crippen molar-refractivity contribution in [2.75, 3.05) is 13.1 Å². The Kier molecular flexibility index (Phi) is 3.53. The summed E-state index contributed by atoms with van der Waals surface area (Å²) in [5, 5.41) is 3.53. The number of nitrogens with one attached hydrogen (secondary N) is 1. The number of nitrogens with two attached hydrogens (primary N) is 1. The second-order valence-corrected chi connectivity index (χ2v) is 4.62. The lowest BCUT2D eigenvalue weighted by atomic mass is 10.0. The van der Waals surface area contributed by atoms with Crippen molar-refractivity contribution in [3.05, 3.63) is 0 Å². The van der Waals surface area contributed by atoms with Crippen LogP contribution in [0.2, 0.25) is 0 Å². The first-order valence-electron chi connectivity index (χ1n) is 5.09. The highest BCUT2D eigenvalue weighted by Gasteiger charge is 2.19. The molecule has 0 atom stereocenters. The van der Waals surface area contributed by atoms with Gasteiger partial charge in [0.2, 0.25) is 0 Å². The van der Waals surface area contributed by atoms with Gasteiger partial charge in [-0.1, -0.05) is 12.8 Å². The first-order valence-corrected chi connectivity index (χ1v) is 5.09. The van der Waals surface area contributed by atoms with E-state index in [-0.39, 0.29) is 5.54 Å². The van der Waals surface area contributed by atoms with Crippen LogP contribution in [0.3, 0.4) is 0 Å². The normalized spacial score (nSPS) is 20.2. The van der Waals surface area contributed by atoms with Gasteiger partial charge in [-0.15, -0.1) is 0 Å². The third kappa shape index (κ3) is 3.11. The van der Waals surface area contributed by atoms with Crippen LogP contribution in [0.25, 0.3) is 0 Å². The summed E-state index contributed by atoms with van der Waals surface area (Å²) in [6, 6.07) is 0. The molecule has 0 heterocycles. The number of rotatable bonds is 4. The van der Waals surface area contributed by atoms with Crippen LogP contribution in [0, 0.1) is 5.92 Å². The fourth-order valence-electron chi connectivity index (χ4n) is 1.71. The van der Waals surface area contributed by atoms with Crippen LogP contribution >= 0.6 is 0 Å². The highest BCUT2D eigenvalue weighted by Crippen LogP contribution is 2.24. The molecule has 0 aromatic heterocycles. The lowest BCUT2D eigenvalue weighted by Crippen LogP contribution is -2.47. The molecule has 0 spiro atoms. The van der Waals surface area contributed by atoms with Gasteiger partial charge in [0.1, 0.15) is 0 Å². The quantitative estimate of drug-likeness (QED) is 0.671. The fourth-order valence-corrected chi connectivity index (χ4v) is 1.71. The first-order chi connectivity index (χ1) is 5.64. The van der Waals surface area contributed by atoms with Crippen LogP contribution in [0.4, 0.5) is 0 Å². The average molecular weight is 170 g/mol. The molecule has 2 nitrogen and oxygen atoms in total. The van der Waals surface area contributed by atoms with Gasteiger partial charge in [-0.3, -0.25) is 0 Å². The molecule has 3 N–H and O–H groups in total. The Morgan fingerprint density at radius 1 is 1.33 bits per heavy atom. The molecule has 1 fully saturated rings. The van der Waals surface area contributed by atoms with Crippen LogP contribution < -0.4 is 11.1 Å². The Balaban J connectivity index is 2.15. The molecule has 1 aliphatic carbocycles. The average Bonchev–Trinajstić information content (AvgIpc) is 2.53. The van der Waals surface area contributed by atoms with Crippen LogP contribution in [0.15, 0.2) is 0 Å². The molecule has 2 heteroatoms. The molecule has 1 rings (SSSR count). The standard InChI is InChI=1S/C10H22N2/c1-10(2,8-11)12-7-9-5-3-4-6-9/h9,12H,3-8,11H2,1-2H3. The van der Waals surface area contributed by atoms with Crippen molar-refractivity contribution in [1.29, 1.82) is 0 Å².